The summed E-state index contributed by atoms with van der Waals surface area (Å²) in [5.41, 5.74) is 2.80. The van der Waals surface area contributed by atoms with Crippen molar-refractivity contribution in [1.29, 1.82) is 0 Å². The molecule has 0 aliphatic carbocycles. The largest absolute Gasteiger partial charge is 0.489 e. The third kappa shape index (κ3) is 18.9. The van der Waals surface area contributed by atoms with Crippen molar-refractivity contribution in [1.82, 2.24) is 30.3 Å². The van der Waals surface area contributed by atoms with Crippen LogP contribution in [0.15, 0.2) is 102 Å². The van der Waals surface area contributed by atoms with Crippen molar-refractivity contribution in [3.05, 3.63) is 108 Å². The summed E-state index contributed by atoms with van der Waals surface area (Å²) >= 11 is 2.75. The summed E-state index contributed by atoms with van der Waals surface area (Å²) in [5, 5.41) is 7.25. The highest BCUT2D eigenvalue weighted by atomic mass is 32.2. The number of thioether (sulfide) groups is 2. The van der Waals surface area contributed by atoms with Gasteiger partial charge in [0.25, 0.3) is 5.91 Å². The quantitative estimate of drug-likeness (QED) is 0.0442. The van der Waals surface area contributed by atoms with Gasteiger partial charge in [0.2, 0.25) is 5.91 Å². The smallest absolute Gasteiger partial charge is 0.407 e. The Morgan fingerprint density at radius 3 is 2.05 bits per heavy atom. The van der Waals surface area contributed by atoms with E-state index in [1.807, 2.05) is 113 Å². The van der Waals surface area contributed by atoms with Crippen molar-refractivity contribution >= 4 is 70.7 Å². The van der Waals surface area contributed by atoms with E-state index in [1.54, 1.807) is 67.0 Å². The molecule has 2 atom stereocenters. The van der Waals surface area contributed by atoms with Crippen molar-refractivity contribution in [3.63, 3.8) is 0 Å². The van der Waals surface area contributed by atoms with Crippen LogP contribution in [0.4, 0.5) is 27.8 Å². The first-order valence-corrected chi connectivity index (χ1v) is 27.7. The molecule has 406 valence electrons. The van der Waals surface area contributed by atoms with Gasteiger partial charge in [-0.25, -0.2) is 29.7 Å². The Bertz CT molecular complexity index is 2630. The molecule has 6 rings (SSSR count). The molecule has 0 saturated carbocycles. The molecule has 3 amide bonds. The number of fused-ring (bicyclic) bond motifs is 1. The minimum atomic E-state index is -0.668. The van der Waals surface area contributed by atoms with Gasteiger partial charge in [0.1, 0.15) is 40.7 Å². The normalized spacial score (nSPS) is 13.0. The SMILES string of the molecule is CC.CC(C)(C)C.CCC(=O)N(CC(C)Oc1cccc(N(C)CCN(C)c2nc(SC)ncc2C=O)c1)N1CCN(c2cccc(OC(CNC(=O)OC(C)(C)C)c3ccccc3)c2)C(=O)c2cnc(SC)nc21. The maximum Gasteiger partial charge on any atom is 0.407 e. The third-order valence-electron chi connectivity index (χ3n) is 10.7. The van der Waals surface area contributed by atoms with Crippen LogP contribution < -0.4 is 34.5 Å². The summed E-state index contributed by atoms with van der Waals surface area (Å²) in [6, 6.07) is 24.5. The topological polar surface area (TPSA) is 176 Å². The molecule has 1 aliphatic rings. The van der Waals surface area contributed by atoms with Gasteiger partial charge in [-0.1, -0.05) is 114 Å². The minimum absolute atomic E-state index is 0.128. The van der Waals surface area contributed by atoms with E-state index < -0.39 is 23.9 Å². The van der Waals surface area contributed by atoms with Gasteiger partial charge >= 0.3 is 6.09 Å². The lowest BCUT2D eigenvalue weighted by atomic mass is 10.0. The van der Waals surface area contributed by atoms with E-state index in [2.05, 4.69) is 52.9 Å². The molecule has 0 fully saturated rings. The Balaban J connectivity index is 0.00000164. The molecule has 3 aromatic carbocycles. The molecule has 2 unspecified atom stereocenters. The highest BCUT2D eigenvalue weighted by molar-refractivity contribution is 7.98. The van der Waals surface area contributed by atoms with E-state index in [-0.39, 0.29) is 50.0 Å². The first-order valence-electron chi connectivity index (χ1n) is 25.3. The molecule has 2 aromatic heterocycles. The first-order chi connectivity index (χ1) is 35.6. The van der Waals surface area contributed by atoms with Gasteiger partial charge in [0.15, 0.2) is 22.4 Å². The minimum Gasteiger partial charge on any atom is -0.489 e. The number of carbonyl (C=O) groups excluding carboxylic acids is 4. The zero-order valence-corrected chi connectivity index (χ0v) is 48.2. The molecule has 0 spiro atoms. The summed E-state index contributed by atoms with van der Waals surface area (Å²) in [5.74, 6) is 1.46. The zero-order chi connectivity index (χ0) is 55.5. The second-order valence-electron chi connectivity index (χ2n) is 19.9. The van der Waals surface area contributed by atoms with Crippen LogP contribution in [-0.2, 0) is 9.53 Å². The van der Waals surface area contributed by atoms with Crippen LogP contribution in [-0.4, -0.2) is 127 Å². The monoisotopic (exact) mass is 1070 g/mol. The van der Waals surface area contributed by atoms with Crippen LogP contribution in [0, 0.1) is 5.41 Å². The summed E-state index contributed by atoms with van der Waals surface area (Å²) < 4.78 is 18.5. The predicted octanol–water partition coefficient (Wildman–Crippen LogP) is 10.9. The predicted molar refractivity (Wildman–Crippen MR) is 304 cm³/mol. The Morgan fingerprint density at radius 2 is 1.43 bits per heavy atom. The van der Waals surface area contributed by atoms with Crippen molar-refractivity contribution in [2.24, 2.45) is 5.41 Å². The van der Waals surface area contributed by atoms with E-state index in [9.17, 15) is 19.2 Å². The van der Waals surface area contributed by atoms with Gasteiger partial charge in [0, 0.05) is 76.1 Å². The fraction of sp³-hybridized carbons (Fsp3) is 0.464. The van der Waals surface area contributed by atoms with Crippen LogP contribution in [0.2, 0.25) is 0 Å². The van der Waals surface area contributed by atoms with Gasteiger partial charge < -0.3 is 34.2 Å². The number of nitrogens with zero attached hydrogens (tertiary/aromatic N) is 9. The fourth-order valence-electron chi connectivity index (χ4n) is 7.32. The van der Waals surface area contributed by atoms with Crippen LogP contribution in [0.3, 0.4) is 0 Å². The van der Waals surface area contributed by atoms with Crippen LogP contribution >= 0.6 is 23.5 Å². The standard InChI is InChI=1S/C49H60N10O7S2.C5H12.C2H6/c1-10-42(61)59(31-33(2)64-38-20-14-18-36(26-38)55(6)22-23-56(7)43-35(32-60)28-50-46(53-43)67-8)58-25-24-57(45(62)40-29-51-47(68-9)54-44(40)58)37-19-15-21-39(27-37)65-41(34-16-12-11-13-17-34)30-52-48(63)66-49(3,4)5;1-5(2,3)4;1-2/h11-21,26-29,32-33,41H,10,22-25,30-31H2,1-9H3,(H,52,63);1-4H3;1-2H3. The van der Waals surface area contributed by atoms with Crippen molar-refractivity contribution in [3.8, 4) is 11.5 Å². The van der Waals surface area contributed by atoms with Crippen LogP contribution in [0.5, 0.6) is 11.5 Å². The van der Waals surface area contributed by atoms with Gasteiger partial charge in [-0.05, 0) is 75.5 Å². The number of aldehydes is 1. The molecule has 5 aromatic rings. The molecule has 0 radical (unpaired) electrons. The molecule has 19 heteroatoms. The second kappa shape index (κ2) is 28.9. The number of aromatic nitrogens is 4. The van der Waals surface area contributed by atoms with Crippen molar-refractivity contribution in [2.45, 2.75) is 111 Å². The lowest BCUT2D eigenvalue weighted by molar-refractivity contribution is -0.132. The number of anilines is 4. The maximum absolute atomic E-state index is 14.6. The molecule has 0 saturated heterocycles. The maximum atomic E-state index is 14.6. The Kier molecular flexibility index (Phi) is 23.5. The number of hydrogen-bond acceptors (Lipinski definition) is 16. The lowest BCUT2D eigenvalue weighted by Gasteiger charge is -2.37. The summed E-state index contributed by atoms with van der Waals surface area (Å²) in [6.45, 7) is 23.7. The molecule has 1 aliphatic heterocycles. The van der Waals surface area contributed by atoms with E-state index in [4.69, 9.17) is 19.2 Å². The number of ether oxygens (including phenoxy) is 3. The average Bonchev–Trinajstić information content (AvgIpc) is 3.53. The van der Waals surface area contributed by atoms with E-state index >= 15 is 0 Å². The first kappa shape index (κ1) is 61.0. The van der Waals surface area contributed by atoms with Crippen molar-refractivity contribution < 1.29 is 33.4 Å². The molecule has 17 nitrogen and oxygen atoms in total. The third-order valence-corrected chi connectivity index (χ3v) is 11.8. The summed E-state index contributed by atoms with van der Waals surface area (Å²) in [4.78, 5) is 76.7. The summed E-state index contributed by atoms with van der Waals surface area (Å²) in [6.07, 6.45) is 6.13. The Hall–Kier alpha value is -6.60. The second-order valence-corrected chi connectivity index (χ2v) is 21.5. The number of amides is 3. The molecule has 0 bridgehead atoms. The Morgan fingerprint density at radius 1 is 0.813 bits per heavy atom. The number of likely N-dealkylation sites (N-methyl/N-ethyl adjacent to an activating group) is 2. The molecule has 75 heavy (non-hydrogen) atoms. The van der Waals surface area contributed by atoms with Crippen LogP contribution in [0.25, 0.3) is 0 Å². The summed E-state index contributed by atoms with van der Waals surface area (Å²) in [7, 11) is 3.88. The van der Waals surface area contributed by atoms with Crippen molar-refractivity contribution in [2.75, 3.05) is 85.6 Å². The lowest BCUT2D eigenvalue weighted by Crippen LogP contribution is -2.52. The van der Waals surface area contributed by atoms with E-state index in [0.717, 1.165) is 17.5 Å². The molecule has 1 N–H and O–H groups in total. The average molecular weight is 1070 g/mol. The van der Waals surface area contributed by atoms with Gasteiger partial charge in [-0.15, -0.1) is 0 Å². The van der Waals surface area contributed by atoms with Gasteiger partial charge in [-0.2, -0.15) is 0 Å². The number of alkyl carbamates (subject to hydrolysis) is 1. The molecular formula is C56H78N10O7S2. The fourth-order valence-corrected chi connectivity index (χ4v) is 7.99. The van der Waals surface area contributed by atoms with E-state index in [0.29, 0.717) is 63.2 Å². The number of rotatable bonds is 20. The number of hydrazine groups is 1. The van der Waals surface area contributed by atoms with E-state index in [1.165, 1.54) is 29.7 Å². The van der Waals surface area contributed by atoms with Gasteiger partial charge in [0.05, 0.1) is 25.2 Å². The zero-order valence-electron chi connectivity index (χ0n) is 46.5. The Labute approximate surface area is 453 Å². The highest BCUT2D eigenvalue weighted by Crippen LogP contribution is 2.33. The number of hydrogen-bond donors (Lipinski definition) is 1. The molecule has 3 heterocycles. The van der Waals surface area contributed by atoms with Gasteiger partial charge in [-0.3, -0.25) is 19.4 Å². The highest BCUT2D eigenvalue weighted by Gasteiger charge is 2.35. The number of carbonyl (C=O) groups is 4. The van der Waals surface area contributed by atoms with Crippen LogP contribution in [0.1, 0.15) is 115 Å². The number of nitrogens with one attached hydrogen (secondary N) is 1. The molecular weight excluding hydrogens is 989 g/mol. The number of benzene rings is 3.